The lowest BCUT2D eigenvalue weighted by molar-refractivity contribution is -0.114. The lowest BCUT2D eigenvalue weighted by atomic mass is 9.98. The molecule has 1 aliphatic rings. The minimum absolute atomic E-state index is 0.0272. The van der Waals surface area contributed by atoms with Gasteiger partial charge in [-0.2, -0.15) is 0 Å². The number of carbonyl (C=O) groups excluding carboxylic acids is 2. The average molecular weight is 260 g/mol. The molecule has 0 radical (unpaired) electrons. The van der Waals surface area contributed by atoms with Gasteiger partial charge in [0.15, 0.2) is 0 Å². The molecule has 0 N–H and O–H groups in total. The summed E-state index contributed by atoms with van der Waals surface area (Å²) in [5, 5.41) is 0. The second-order valence-electron chi connectivity index (χ2n) is 5.62. The Labute approximate surface area is 114 Å². The van der Waals surface area contributed by atoms with Crippen molar-refractivity contribution in [3.8, 4) is 0 Å². The number of anilines is 2. The van der Waals surface area contributed by atoms with Gasteiger partial charge in [0.1, 0.15) is 0 Å². The number of benzene rings is 1. The molecule has 1 aromatic rings. The van der Waals surface area contributed by atoms with Gasteiger partial charge in [-0.25, -0.2) is 0 Å². The zero-order valence-corrected chi connectivity index (χ0v) is 12.2. The van der Waals surface area contributed by atoms with Gasteiger partial charge in [0.05, 0.1) is 11.3 Å². The van der Waals surface area contributed by atoms with Gasteiger partial charge >= 0.3 is 0 Å². The molecule has 4 nitrogen and oxygen atoms in total. The van der Waals surface area contributed by atoms with Crippen LogP contribution >= 0.6 is 0 Å². The number of likely N-dealkylation sites (N-methyl/N-ethyl adjacent to an activating group) is 1. The van der Waals surface area contributed by atoms with Gasteiger partial charge in [0, 0.05) is 25.3 Å². The highest BCUT2D eigenvalue weighted by molar-refractivity contribution is 6.52. The molecule has 0 aliphatic carbocycles. The molecule has 4 heteroatoms. The number of amides is 1. The van der Waals surface area contributed by atoms with Crippen molar-refractivity contribution < 1.29 is 9.59 Å². The average Bonchev–Trinajstić information content (AvgIpc) is 2.62. The predicted octanol–water partition coefficient (Wildman–Crippen LogP) is 2.47. The van der Waals surface area contributed by atoms with Gasteiger partial charge in [0.25, 0.3) is 11.7 Å². The molecule has 1 amide bonds. The van der Waals surface area contributed by atoms with E-state index in [-0.39, 0.29) is 5.54 Å². The smallest absolute Gasteiger partial charge is 0.299 e. The molecule has 0 atom stereocenters. The molecule has 1 aromatic carbocycles. The normalized spacial score (nSPS) is 14.9. The fraction of sp³-hybridized carbons (Fsp3) is 0.467. The Hall–Kier alpha value is -1.84. The number of fused-ring (bicyclic) bond motifs is 1. The number of nitrogens with zero attached hydrogens (tertiary/aromatic N) is 2. The topological polar surface area (TPSA) is 40.6 Å². The molecule has 2 rings (SSSR count). The molecular weight excluding hydrogens is 240 g/mol. The summed E-state index contributed by atoms with van der Waals surface area (Å²) in [5.74, 6) is -0.869. The summed E-state index contributed by atoms with van der Waals surface area (Å²) in [7, 11) is 3.67. The molecule has 1 heterocycles. The molecule has 0 fully saturated rings. The van der Waals surface area contributed by atoms with Crippen LogP contribution in [-0.4, -0.2) is 31.3 Å². The Morgan fingerprint density at radius 3 is 2.47 bits per heavy atom. The number of ketones is 1. The summed E-state index contributed by atoms with van der Waals surface area (Å²) in [6, 6.07) is 5.56. The monoisotopic (exact) mass is 260 g/mol. The van der Waals surface area contributed by atoms with Crippen LogP contribution in [-0.2, 0) is 4.79 Å². The van der Waals surface area contributed by atoms with Crippen molar-refractivity contribution in [1.82, 2.24) is 0 Å². The number of Topliss-reactive ketones (excluding diaryl/α,β-unsaturated/α-hetero) is 1. The lowest BCUT2D eigenvalue weighted by Gasteiger charge is -2.37. The van der Waals surface area contributed by atoms with E-state index in [0.29, 0.717) is 11.3 Å². The number of rotatable bonds is 3. The lowest BCUT2D eigenvalue weighted by Crippen LogP contribution is -2.40. The maximum atomic E-state index is 11.7. The zero-order valence-electron chi connectivity index (χ0n) is 12.2. The van der Waals surface area contributed by atoms with Crippen LogP contribution in [0.1, 0.15) is 37.6 Å². The van der Waals surface area contributed by atoms with Crippen LogP contribution in [0.25, 0.3) is 0 Å². The Bertz CT molecular complexity index is 549. The molecular formula is C15H20N2O2. The van der Waals surface area contributed by atoms with Crippen LogP contribution in [0, 0.1) is 0 Å². The summed E-state index contributed by atoms with van der Waals surface area (Å²) in [4.78, 5) is 27.0. The maximum absolute atomic E-state index is 11.7. The molecule has 0 spiro atoms. The van der Waals surface area contributed by atoms with Crippen LogP contribution in [0.5, 0.6) is 0 Å². The molecule has 0 aromatic heterocycles. The van der Waals surface area contributed by atoms with E-state index in [9.17, 15) is 9.59 Å². The fourth-order valence-corrected chi connectivity index (χ4v) is 2.16. The summed E-state index contributed by atoms with van der Waals surface area (Å²) in [6.07, 6.45) is 1.01. The summed E-state index contributed by atoms with van der Waals surface area (Å²) in [6.45, 7) is 6.48. The van der Waals surface area contributed by atoms with Gasteiger partial charge in [-0.05, 0) is 38.5 Å². The summed E-state index contributed by atoms with van der Waals surface area (Å²) in [5.41, 5.74) is 2.24. The van der Waals surface area contributed by atoms with E-state index < -0.39 is 11.7 Å². The third-order valence-electron chi connectivity index (χ3n) is 4.25. The molecule has 0 saturated heterocycles. The zero-order chi connectivity index (χ0) is 14.4. The van der Waals surface area contributed by atoms with Crippen LogP contribution in [0.15, 0.2) is 18.2 Å². The third-order valence-corrected chi connectivity index (χ3v) is 4.25. The van der Waals surface area contributed by atoms with Crippen LogP contribution in [0.2, 0.25) is 0 Å². The SMILES string of the molecule is CCC(C)(C)N(C)c1ccc2c(c1)N(C)C(=O)C2=O. The number of hydrogen-bond acceptors (Lipinski definition) is 3. The highest BCUT2D eigenvalue weighted by Gasteiger charge is 2.34. The predicted molar refractivity (Wildman–Crippen MR) is 77.0 cm³/mol. The van der Waals surface area contributed by atoms with Crippen molar-refractivity contribution in [1.29, 1.82) is 0 Å². The van der Waals surface area contributed by atoms with Gasteiger partial charge in [-0.3, -0.25) is 9.59 Å². The Kier molecular flexibility index (Phi) is 3.12. The molecule has 0 bridgehead atoms. The highest BCUT2D eigenvalue weighted by Crippen LogP contribution is 2.34. The van der Waals surface area contributed by atoms with Gasteiger partial charge < -0.3 is 9.80 Å². The van der Waals surface area contributed by atoms with E-state index in [2.05, 4.69) is 25.7 Å². The van der Waals surface area contributed by atoms with E-state index in [1.807, 2.05) is 19.2 Å². The largest absolute Gasteiger partial charge is 0.369 e. The second-order valence-corrected chi connectivity index (χ2v) is 5.62. The molecule has 19 heavy (non-hydrogen) atoms. The highest BCUT2D eigenvalue weighted by atomic mass is 16.2. The van der Waals surface area contributed by atoms with E-state index in [1.54, 1.807) is 13.1 Å². The van der Waals surface area contributed by atoms with E-state index in [0.717, 1.165) is 12.1 Å². The Balaban J connectivity index is 2.44. The van der Waals surface area contributed by atoms with Gasteiger partial charge in [0.2, 0.25) is 0 Å². The van der Waals surface area contributed by atoms with E-state index in [4.69, 9.17) is 0 Å². The van der Waals surface area contributed by atoms with Crippen molar-refractivity contribution in [3.05, 3.63) is 23.8 Å². The first-order chi connectivity index (χ1) is 8.79. The van der Waals surface area contributed by atoms with Crippen molar-refractivity contribution in [2.45, 2.75) is 32.7 Å². The van der Waals surface area contributed by atoms with Crippen LogP contribution in [0.3, 0.4) is 0 Å². The van der Waals surface area contributed by atoms with E-state index in [1.165, 1.54) is 4.90 Å². The fourth-order valence-electron chi connectivity index (χ4n) is 2.16. The van der Waals surface area contributed by atoms with Gasteiger partial charge in [-0.1, -0.05) is 6.92 Å². The second kappa shape index (κ2) is 4.37. The number of hydrogen-bond donors (Lipinski definition) is 0. The Morgan fingerprint density at radius 1 is 1.26 bits per heavy atom. The van der Waals surface area contributed by atoms with Gasteiger partial charge in [-0.15, -0.1) is 0 Å². The molecule has 0 unspecified atom stereocenters. The van der Waals surface area contributed by atoms with Crippen molar-refractivity contribution in [3.63, 3.8) is 0 Å². The Morgan fingerprint density at radius 2 is 1.89 bits per heavy atom. The first-order valence-corrected chi connectivity index (χ1v) is 6.50. The maximum Gasteiger partial charge on any atom is 0.299 e. The summed E-state index contributed by atoms with van der Waals surface area (Å²) >= 11 is 0. The summed E-state index contributed by atoms with van der Waals surface area (Å²) < 4.78 is 0. The first-order valence-electron chi connectivity index (χ1n) is 6.50. The minimum Gasteiger partial charge on any atom is -0.369 e. The van der Waals surface area contributed by atoms with Crippen LogP contribution in [0.4, 0.5) is 11.4 Å². The van der Waals surface area contributed by atoms with Crippen LogP contribution < -0.4 is 9.80 Å². The first kappa shape index (κ1) is 13.6. The quantitative estimate of drug-likeness (QED) is 0.784. The molecule has 102 valence electrons. The molecule has 0 saturated carbocycles. The van der Waals surface area contributed by atoms with Crippen molar-refractivity contribution in [2.24, 2.45) is 0 Å². The third kappa shape index (κ3) is 2.01. The standard InChI is InChI=1S/C15H20N2O2/c1-6-15(2,3)17(5)10-7-8-11-12(9-10)16(4)14(19)13(11)18/h7-9H,6H2,1-5H3. The van der Waals surface area contributed by atoms with E-state index >= 15 is 0 Å². The van der Waals surface area contributed by atoms with Crippen molar-refractivity contribution >= 4 is 23.1 Å². The number of carbonyl (C=O) groups is 2. The van der Waals surface area contributed by atoms with Crippen molar-refractivity contribution in [2.75, 3.05) is 23.9 Å². The minimum atomic E-state index is -0.454. The molecule has 1 aliphatic heterocycles.